The first-order valence-electron chi connectivity index (χ1n) is 5.97. The molecular formula is C14H13BrN4. The van der Waals surface area contributed by atoms with Gasteiger partial charge < -0.3 is 11.1 Å². The Morgan fingerprint density at radius 2 is 2.00 bits per heavy atom. The lowest BCUT2D eigenvalue weighted by atomic mass is 10.1. The number of halogens is 1. The molecule has 0 fully saturated rings. The summed E-state index contributed by atoms with van der Waals surface area (Å²) < 4.78 is 1.000. The highest BCUT2D eigenvalue weighted by Crippen LogP contribution is 2.29. The molecule has 2 aromatic carbocycles. The zero-order chi connectivity index (χ0) is 13.2. The third-order valence-corrected chi connectivity index (χ3v) is 3.79. The molecular weight excluding hydrogens is 304 g/mol. The largest absolute Gasteiger partial charge is 0.338 e. The van der Waals surface area contributed by atoms with E-state index in [-0.39, 0.29) is 0 Å². The Hall–Kier alpha value is -1.85. The second-order valence-electron chi connectivity index (χ2n) is 4.21. The third-order valence-electron chi connectivity index (χ3n) is 3.05. The number of hydrogen-bond donors (Lipinski definition) is 3. The van der Waals surface area contributed by atoms with Crippen molar-refractivity contribution in [2.24, 2.45) is 5.73 Å². The second kappa shape index (κ2) is 5.03. The van der Waals surface area contributed by atoms with Gasteiger partial charge in [0.15, 0.2) is 5.82 Å². The summed E-state index contributed by atoms with van der Waals surface area (Å²) in [5, 5.41) is 11.7. The van der Waals surface area contributed by atoms with E-state index in [2.05, 4.69) is 31.4 Å². The van der Waals surface area contributed by atoms with Gasteiger partial charge in [0, 0.05) is 27.7 Å². The van der Waals surface area contributed by atoms with Crippen molar-refractivity contribution in [2.45, 2.75) is 6.54 Å². The van der Waals surface area contributed by atoms with Crippen LogP contribution in [-0.2, 0) is 6.54 Å². The van der Waals surface area contributed by atoms with Gasteiger partial charge >= 0.3 is 0 Å². The van der Waals surface area contributed by atoms with E-state index in [4.69, 9.17) is 5.73 Å². The molecule has 0 saturated heterocycles. The molecule has 0 aliphatic rings. The predicted molar refractivity (Wildman–Crippen MR) is 81.4 cm³/mol. The predicted octanol–water partition coefficient (Wildman–Crippen LogP) is 3.53. The second-order valence-corrected chi connectivity index (χ2v) is 5.07. The van der Waals surface area contributed by atoms with Gasteiger partial charge in [-0.05, 0) is 24.3 Å². The Balaban J connectivity index is 2.04. The summed E-state index contributed by atoms with van der Waals surface area (Å²) in [5.74, 6) is 0.809. The Labute approximate surface area is 119 Å². The number of fused-ring (bicyclic) bond motifs is 1. The number of nitrogens with one attached hydrogen (secondary N) is 2. The molecule has 0 unspecified atom stereocenters. The number of para-hydroxylation sites is 1. The number of benzene rings is 2. The molecule has 0 saturated carbocycles. The Kier molecular flexibility index (Phi) is 3.23. The van der Waals surface area contributed by atoms with E-state index < -0.39 is 0 Å². The van der Waals surface area contributed by atoms with Crippen LogP contribution in [0.5, 0.6) is 0 Å². The number of aromatic amines is 1. The van der Waals surface area contributed by atoms with E-state index in [1.165, 1.54) is 0 Å². The van der Waals surface area contributed by atoms with Gasteiger partial charge in [0.05, 0.1) is 5.52 Å². The molecule has 0 spiro atoms. The van der Waals surface area contributed by atoms with Crippen molar-refractivity contribution in [2.75, 3.05) is 5.32 Å². The van der Waals surface area contributed by atoms with Crippen LogP contribution in [0.25, 0.3) is 10.9 Å². The summed E-state index contributed by atoms with van der Waals surface area (Å²) in [6.07, 6.45) is 0. The molecule has 4 nitrogen and oxygen atoms in total. The van der Waals surface area contributed by atoms with Gasteiger partial charge in [-0.1, -0.05) is 34.1 Å². The van der Waals surface area contributed by atoms with Gasteiger partial charge in [-0.25, -0.2) is 0 Å². The van der Waals surface area contributed by atoms with Crippen LogP contribution in [-0.4, -0.2) is 10.2 Å². The fourth-order valence-corrected chi connectivity index (χ4v) is 2.60. The Morgan fingerprint density at radius 1 is 1.16 bits per heavy atom. The molecule has 0 radical (unpaired) electrons. The average molecular weight is 317 g/mol. The quantitative estimate of drug-likeness (QED) is 0.692. The minimum atomic E-state index is 0.464. The van der Waals surface area contributed by atoms with Crippen LogP contribution in [0.2, 0.25) is 0 Å². The van der Waals surface area contributed by atoms with Crippen LogP contribution in [0, 0.1) is 0 Å². The Bertz CT molecular complexity index is 720. The van der Waals surface area contributed by atoms with Gasteiger partial charge in [-0.15, -0.1) is 0 Å². The highest BCUT2D eigenvalue weighted by Gasteiger charge is 2.09. The van der Waals surface area contributed by atoms with Crippen molar-refractivity contribution in [3.63, 3.8) is 0 Å². The van der Waals surface area contributed by atoms with Crippen LogP contribution in [0.1, 0.15) is 5.56 Å². The molecule has 0 atom stereocenters. The summed E-state index contributed by atoms with van der Waals surface area (Å²) >= 11 is 3.51. The molecule has 3 aromatic rings. The average Bonchev–Trinajstić information content (AvgIpc) is 2.83. The molecule has 19 heavy (non-hydrogen) atoms. The number of nitrogens with two attached hydrogens (primary N) is 1. The molecule has 0 bridgehead atoms. The van der Waals surface area contributed by atoms with E-state index >= 15 is 0 Å². The van der Waals surface area contributed by atoms with Gasteiger partial charge in [0.25, 0.3) is 0 Å². The number of anilines is 2. The lowest BCUT2D eigenvalue weighted by molar-refractivity contribution is 1.06. The van der Waals surface area contributed by atoms with E-state index in [1.54, 1.807) is 0 Å². The molecule has 0 amide bonds. The summed E-state index contributed by atoms with van der Waals surface area (Å²) in [6, 6.07) is 14.0. The fraction of sp³-hybridized carbons (Fsp3) is 0.0714. The molecule has 3 rings (SSSR count). The SMILES string of the molecule is NCc1c(Br)cccc1Nc1n[nH]c2ccccc12. The number of nitrogens with zero attached hydrogens (tertiary/aromatic N) is 1. The highest BCUT2D eigenvalue weighted by molar-refractivity contribution is 9.10. The molecule has 5 heteroatoms. The molecule has 0 aliphatic carbocycles. The van der Waals surface area contributed by atoms with Crippen molar-refractivity contribution in [3.8, 4) is 0 Å². The maximum Gasteiger partial charge on any atom is 0.160 e. The maximum absolute atomic E-state index is 5.79. The lowest BCUT2D eigenvalue weighted by Crippen LogP contribution is -2.03. The zero-order valence-corrected chi connectivity index (χ0v) is 11.7. The van der Waals surface area contributed by atoms with Crippen molar-refractivity contribution >= 4 is 38.3 Å². The molecule has 1 aromatic heterocycles. The van der Waals surface area contributed by atoms with Gasteiger partial charge in [0.2, 0.25) is 0 Å². The molecule has 1 heterocycles. The van der Waals surface area contributed by atoms with Crippen molar-refractivity contribution in [3.05, 3.63) is 52.5 Å². The minimum absolute atomic E-state index is 0.464. The van der Waals surface area contributed by atoms with E-state index in [0.717, 1.165) is 32.4 Å². The first kappa shape index (κ1) is 12.2. The van der Waals surface area contributed by atoms with Crippen LogP contribution >= 0.6 is 15.9 Å². The van der Waals surface area contributed by atoms with Crippen molar-refractivity contribution in [1.82, 2.24) is 10.2 Å². The Morgan fingerprint density at radius 3 is 2.84 bits per heavy atom. The van der Waals surface area contributed by atoms with Crippen molar-refractivity contribution in [1.29, 1.82) is 0 Å². The van der Waals surface area contributed by atoms with Gasteiger partial charge in [-0.2, -0.15) is 5.10 Å². The topological polar surface area (TPSA) is 66.7 Å². The highest BCUT2D eigenvalue weighted by atomic mass is 79.9. The monoisotopic (exact) mass is 316 g/mol. The van der Waals surface area contributed by atoms with Crippen LogP contribution in [0.4, 0.5) is 11.5 Å². The summed E-state index contributed by atoms with van der Waals surface area (Å²) in [7, 11) is 0. The molecule has 4 N–H and O–H groups in total. The van der Waals surface area contributed by atoms with Crippen LogP contribution < -0.4 is 11.1 Å². The summed E-state index contributed by atoms with van der Waals surface area (Å²) in [4.78, 5) is 0. The van der Waals surface area contributed by atoms with Crippen LogP contribution in [0.15, 0.2) is 46.9 Å². The summed E-state index contributed by atoms with van der Waals surface area (Å²) in [6.45, 7) is 0.464. The third kappa shape index (κ3) is 2.22. The first-order chi connectivity index (χ1) is 9.29. The fourth-order valence-electron chi connectivity index (χ4n) is 2.07. The van der Waals surface area contributed by atoms with Gasteiger partial charge in [0.1, 0.15) is 0 Å². The number of rotatable bonds is 3. The molecule has 0 aliphatic heterocycles. The molecule has 96 valence electrons. The lowest BCUT2D eigenvalue weighted by Gasteiger charge is -2.10. The standard InChI is InChI=1S/C14H13BrN4/c15-11-5-3-7-12(10(11)8-16)17-14-9-4-1-2-6-13(9)18-19-14/h1-7H,8,16H2,(H2,17,18,19). The van der Waals surface area contributed by atoms with Crippen molar-refractivity contribution < 1.29 is 0 Å². The zero-order valence-electron chi connectivity index (χ0n) is 10.2. The maximum atomic E-state index is 5.79. The van der Waals surface area contributed by atoms with Crippen LogP contribution in [0.3, 0.4) is 0 Å². The normalized spacial score (nSPS) is 10.8. The van der Waals surface area contributed by atoms with E-state index in [1.807, 2.05) is 42.5 Å². The number of hydrogen-bond acceptors (Lipinski definition) is 3. The number of H-pyrrole nitrogens is 1. The smallest absolute Gasteiger partial charge is 0.160 e. The van der Waals surface area contributed by atoms with E-state index in [9.17, 15) is 0 Å². The van der Waals surface area contributed by atoms with Gasteiger partial charge in [-0.3, -0.25) is 5.10 Å². The van der Waals surface area contributed by atoms with E-state index in [0.29, 0.717) is 6.54 Å². The summed E-state index contributed by atoms with van der Waals surface area (Å²) in [5.41, 5.74) is 8.81. The number of aromatic nitrogens is 2. The first-order valence-corrected chi connectivity index (χ1v) is 6.76. The minimum Gasteiger partial charge on any atom is -0.338 e.